The Labute approximate surface area is 215 Å². The summed E-state index contributed by atoms with van der Waals surface area (Å²) in [6.45, 7) is 17.7. The predicted molar refractivity (Wildman–Crippen MR) is 156 cm³/mol. The van der Waals surface area contributed by atoms with Crippen molar-refractivity contribution in [1.82, 2.24) is 0 Å². The fourth-order valence-corrected chi connectivity index (χ4v) is 5.11. The zero-order valence-corrected chi connectivity index (χ0v) is 23.3. The van der Waals surface area contributed by atoms with Crippen LogP contribution in [0.4, 0.5) is 0 Å². The third kappa shape index (κ3) is 8.20. The Balaban J connectivity index is 0.00000210. The lowest BCUT2D eigenvalue weighted by molar-refractivity contribution is 0.570. The molecule has 0 spiro atoms. The number of aryl methyl sites for hydroxylation is 1. The largest absolute Gasteiger partial charge is 0.292 e. The van der Waals surface area contributed by atoms with Crippen molar-refractivity contribution >= 4 is 5.71 Å². The first-order chi connectivity index (χ1) is 16.9. The van der Waals surface area contributed by atoms with E-state index in [1.165, 1.54) is 44.7 Å². The molecule has 0 aromatic heterocycles. The second-order valence-electron chi connectivity index (χ2n) is 9.79. The van der Waals surface area contributed by atoms with Crippen molar-refractivity contribution in [2.24, 2.45) is 16.8 Å². The van der Waals surface area contributed by atoms with Gasteiger partial charge < -0.3 is 0 Å². The van der Waals surface area contributed by atoms with E-state index < -0.39 is 0 Å². The molecular formula is C34H47N. The van der Waals surface area contributed by atoms with Crippen LogP contribution in [0.2, 0.25) is 0 Å². The number of aliphatic imine (C=N–C) groups is 1. The van der Waals surface area contributed by atoms with Gasteiger partial charge >= 0.3 is 0 Å². The molecule has 0 N–H and O–H groups in total. The van der Waals surface area contributed by atoms with Crippen molar-refractivity contribution in [3.8, 4) is 0 Å². The Morgan fingerprint density at radius 1 is 0.914 bits per heavy atom. The molecule has 1 nitrogen and oxygen atoms in total. The number of rotatable bonds is 8. The highest BCUT2D eigenvalue weighted by Crippen LogP contribution is 2.36. The molecule has 0 fully saturated rings. The molecule has 0 bridgehead atoms. The van der Waals surface area contributed by atoms with Crippen LogP contribution in [0, 0.1) is 11.8 Å². The van der Waals surface area contributed by atoms with Crippen molar-refractivity contribution in [2.45, 2.75) is 80.1 Å². The number of benzene rings is 2. The summed E-state index contributed by atoms with van der Waals surface area (Å²) in [6.07, 6.45) is 8.87. The van der Waals surface area contributed by atoms with Gasteiger partial charge in [0.15, 0.2) is 0 Å². The van der Waals surface area contributed by atoms with Crippen LogP contribution in [0.1, 0.15) is 83.9 Å². The van der Waals surface area contributed by atoms with Crippen LogP contribution in [0.15, 0.2) is 94.5 Å². The third-order valence-electron chi connectivity index (χ3n) is 6.83. The molecule has 3 rings (SSSR count). The molecule has 0 saturated heterocycles. The molecule has 0 aliphatic heterocycles. The number of allylic oxidation sites excluding steroid dienone is 5. The fourth-order valence-electron chi connectivity index (χ4n) is 5.11. The molecule has 0 amide bonds. The highest BCUT2D eigenvalue weighted by atomic mass is 14.7. The summed E-state index contributed by atoms with van der Waals surface area (Å²) >= 11 is 0. The molecule has 2 unspecified atom stereocenters. The smallest absolute Gasteiger partial charge is 0.0450 e. The van der Waals surface area contributed by atoms with Gasteiger partial charge in [-0.1, -0.05) is 114 Å². The lowest BCUT2D eigenvalue weighted by Gasteiger charge is -2.21. The van der Waals surface area contributed by atoms with Gasteiger partial charge in [0.05, 0.1) is 0 Å². The van der Waals surface area contributed by atoms with E-state index in [9.17, 15) is 0 Å². The van der Waals surface area contributed by atoms with Crippen molar-refractivity contribution in [2.75, 3.05) is 7.05 Å². The average molecular weight is 470 g/mol. The molecule has 2 atom stereocenters. The lowest BCUT2D eigenvalue weighted by atomic mass is 9.85. The SMILES string of the molecule is C=C(CCC)C1=CC(C)CC(C)C(=NC)/C1=C(/C)CCc1ccc(Cc2ccccc2)cc1.CC. The maximum Gasteiger partial charge on any atom is 0.0450 e. The van der Waals surface area contributed by atoms with Crippen LogP contribution in [0.25, 0.3) is 0 Å². The second-order valence-corrected chi connectivity index (χ2v) is 9.79. The summed E-state index contributed by atoms with van der Waals surface area (Å²) in [4.78, 5) is 4.80. The molecular weight excluding hydrogens is 422 g/mol. The molecule has 188 valence electrons. The number of hydrogen-bond acceptors (Lipinski definition) is 1. The average Bonchev–Trinajstić information content (AvgIpc) is 3.00. The Kier molecular flexibility index (Phi) is 12.0. The van der Waals surface area contributed by atoms with Crippen molar-refractivity contribution < 1.29 is 0 Å². The van der Waals surface area contributed by atoms with Crippen LogP contribution in [-0.2, 0) is 12.8 Å². The van der Waals surface area contributed by atoms with Gasteiger partial charge in [-0.3, -0.25) is 4.99 Å². The monoisotopic (exact) mass is 469 g/mol. The van der Waals surface area contributed by atoms with Gasteiger partial charge in [-0.2, -0.15) is 0 Å². The van der Waals surface area contributed by atoms with Crippen LogP contribution >= 0.6 is 0 Å². The summed E-state index contributed by atoms with van der Waals surface area (Å²) in [5.74, 6) is 1.01. The van der Waals surface area contributed by atoms with E-state index in [2.05, 4.69) is 94.9 Å². The molecule has 1 heteroatoms. The minimum atomic E-state index is 0.468. The van der Waals surface area contributed by atoms with E-state index >= 15 is 0 Å². The van der Waals surface area contributed by atoms with E-state index in [4.69, 9.17) is 4.99 Å². The summed E-state index contributed by atoms with van der Waals surface area (Å²) in [5.41, 5.74) is 10.8. The Morgan fingerprint density at radius 3 is 2.11 bits per heavy atom. The Morgan fingerprint density at radius 2 is 1.51 bits per heavy atom. The quantitative estimate of drug-likeness (QED) is 0.365. The first-order valence-electron chi connectivity index (χ1n) is 13.6. The zero-order valence-electron chi connectivity index (χ0n) is 23.3. The molecule has 1 aliphatic rings. The van der Waals surface area contributed by atoms with E-state index in [1.54, 1.807) is 0 Å². The Bertz CT molecular complexity index is 1020. The minimum absolute atomic E-state index is 0.468. The van der Waals surface area contributed by atoms with Gasteiger partial charge in [0, 0.05) is 18.3 Å². The third-order valence-corrected chi connectivity index (χ3v) is 6.83. The van der Waals surface area contributed by atoms with Crippen LogP contribution in [0.5, 0.6) is 0 Å². The minimum Gasteiger partial charge on any atom is -0.292 e. The van der Waals surface area contributed by atoms with Crippen molar-refractivity contribution in [1.29, 1.82) is 0 Å². The maximum absolute atomic E-state index is 4.80. The van der Waals surface area contributed by atoms with Gasteiger partial charge in [0.1, 0.15) is 0 Å². The summed E-state index contributed by atoms with van der Waals surface area (Å²) in [6, 6.07) is 19.9. The maximum atomic E-state index is 4.80. The standard InChI is InChI=1S/C32H41N.C2H6/c1-7-11-24(3)30-21-23(2)20-26(5)32(33-6)31(30)25(4)14-15-27-16-18-29(19-17-27)22-28-12-9-8-10-13-28;1-2/h8-10,12-13,16-19,21,23,26H,3,7,11,14-15,20,22H2,1-2,4-6H3;1-2H3/b31-25-,33-32?;. The lowest BCUT2D eigenvalue weighted by Crippen LogP contribution is -2.16. The highest BCUT2D eigenvalue weighted by molar-refractivity contribution is 6.07. The van der Waals surface area contributed by atoms with Gasteiger partial charge in [0.25, 0.3) is 0 Å². The number of hydrogen-bond donors (Lipinski definition) is 0. The Hall–Kier alpha value is -2.67. The topological polar surface area (TPSA) is 12.4 Å². The van der Waals surface area contributed by atoms with Gasteiger partial charge in [0.2, 0.25) is 0 Å². The summed E-state index contributed by atoms with van der Waals surface area (Å²) < 4.78 is 0. The molecule has 2 aromatic carbocycles. The zero-order chi connectivity index (χ0) is 25.8. The van der Waals surface area contributed by atoms with Crippen molar-refractivity contribution in [3.63, 3.8) is 0 Å². The normalized spacial score (nSPS) is 20.4. The van der Waals surface area contributed by atoms with Crippen LogP contribution in [0.3, 0.4) is 0 Å². The van der Waals surface area contributed by atoms with E-state index in [0.717, 1.165) is 38.5 Å². The van der Waals surface area contributed by atoms with Gasteiger partial charge in [-0.15, -0.1) is 0 Å². The highest BCUT2D eigenvalue weighted by Gasteiger charge is 2.26. The van der Waals surface area contributed by atoms with Crippen LogP contribution < -0.4 is 0 Å². The van der Waals surface area contributed by atoms with Crippen molar-refractivity contribution in [3.05, 3.63) is 106 Å². The molecule has 0 radical (unpaired) electrons. The first-order valence-corrected chi connectivity index (χ1v) is 13.6. The summed E-state index contributed by atoms with van der Waals surface area (Å²) in [5, 5.41) is 0. The second kappa shape index (κ2) is 14.7. The predicted octanol–water partition coefficient (Wildman–Crippen LogP) is 9.58. The molecule has 2 aromatic rings. The van der Waals surface area contributed by atoms with Gasteiger partial charge in [-0.05, 0) is 78.7 Å². The summed E-state index contributed by atoms with van der Waals surface area (Å²) in [7, 11) is 1.96. The number of nitrogens with zero attached hydrogens (tertiary/aromatic N) is 1. The fraction of sp³-hybridized carbons (Fsp3) is 0.441. The molecule has 0 saturated carbocycles. The van der Waals surface area contributed by atoms with Gasteiger partial charge in [-0.25, -0.2) is 0 Å². The molecule has 0 heterocycles. The van der Waals surface area contributed by atoms with Crippen LogP contribution in [-0.4, -0.2) is 12.8 Å². The molecule has 35 heavy (non-hydrogen) atoms. The van der Waals surface area contributed by atoms with E-state index in [1.807, 2.05) is 20.9 Å². The first kappa shape index (κ1) is 28.6. The van der Waals surface area contributed by atoms with E-state index in [0.29, 0.717) is 11.8 Å². The van der Waals surface area contributed by atoms with E-state index in [-0.39, 0.29) is 0 Å². The molecule has 1 aliphatic carbocycles.